The van der Waals surface area contributed by atoms with E-state index in [1.807, 2.05) is 37.1 Å². The van der Waals surface area contributed by atoms with Gasteiger partial charge in [-0.1, -0.05) is 17.7 Å². The minimum Gasteiger partial charge on any atom is -0.492 e. The molecule has 1 fully saturated rings. The zero-order valence-corrected chi connectivity index (χ0v) is 15.8. The van der Waals surface area contributed by atoms with E-state index in [0.29, 0.717) is 50.8 Å². The molecule has 0 spiro atoms. The Morgan fingerprint density at radius 2 is 2.20 bits per heavy atom. The van der Waals surface area contributed by atoms with Crippen molar-refractivity contribution in [3.8, 4) is 5.75 Å². The van der Waals surface area contributed by atoms with Crippen LogP contribution in [0.15, 0.2) is 29.3 Å². The van der Waals surface area contributed by atoms with Crippen molar-refractivity contribution in [2.24, 2.45) is 4.99 Å². The van der Waals surface area contributed by atoms with Gasteiger partial charge in [-0.2, -0.15) is 0 Å². The first-order valence-corrected chi connectivity index (χ1v) is 9.08. The fourth-order valence-corrected chi connectivity index (χ4v) is 2.74. The molecule has 1 aromatic rings. The van der Waals surface area contributed by atoms with Crippen LogP contribution in [-0.4, -0.2) is 68.1 Å². The van der Waals surface area contributed by atoms with Crippen LogP contribution in [0.5, 0.6) is 5.75 Å². The van der Waals surface area contributed by atoms with Crippen LogP contribution in [-0.2, 0) is 4.74 Å². The van der Waals surface area contributed by atoms with E-state index in [0.717, 1.165) is 18.3 Å². The van der Waals surface area contributed by atoms with Crippen LogP contribution in [0, 0.1) is 0 Å². The van der Waals surface area contributed by atoms with Crippen molar-refractivity contribution in [3.63, 3.8) is 0 Å². The van der Waals surface area contributed by atoms with E-state index in [1.54, 1.807) is 6.07 Å². The summed E-state index contributed by atoms with van der Waals surface area (Å²) >= 11 is 5.95. The van der Waals surface area contributed by atoms with Crippen molar-refractivity contribution < 1.29 is 14.6 Å². The summed E-state index contributed by atoms with van der Waals surface area (Å²) in [6, 6.07) is 7.35. The normalized spacial score (nSPS) is 17.2. The Balaban J connectivity index is 1.86. The number of hydrogen-bond acceptors (Lipinski definition) is 4. The van der Waals surface area contributed by atoms with Crippen LogP contribution in [0.25, 0.3) is 0 Å². The number of guanidine groups is 1. The van der Waals surface area contributed by atoms with E-state index in [-0.39, 0.29) is 0 Å². The van der Waals surface area contributed by atoms with E-state index in [2.05, 4.69) is 10.3 Å². The predicted octanol–water partition coefficient (Wildman–Crippen LogP) is 2.16. The first-order valence-electron chi connectivity index (χ1n) is 8.70. The van der Waals surface area contributed by atoms with Crippen LogP contribution in [0.2, 0.25) is 5.02 Å². The van der Waals surface area contributed by atoms with Crippen molar-refractivity contribution >= 4 is 17.6 Å². The minimum atomic E-state index is -0.767. The molecule has 7 heteroatoms. The molecule has 1 aromatic carbocycles. The summed E-state index contributed by atoms with van der Waals surface area (Å²) in [6.45, 7) is 5.52. The van der Waals surface area contributed by atoms with E-state index in [9.17, 15) is 5.11 Å². The van der Waals surface area contributed by atoms with Gasteiger partial charge in [0, 0.05) is 44.7 Å². The Morgan fingerprint density at radius 3 is 2.88 bits per heavy atom. The highest BCUT2D eigenvalue weighted by molar-refractivity contribution is 6.30. The molecule has 0 bridgehead atoms. The molecule has 0 atom stereocenters. The smallest absolute Gasteiger partial charge is 0.193 e. The number of hydrogen-bond donors (Lipinski definition) is 2. The van der Waals surface area contributed by atoms with Gasteiger partial charge in [0.2, 0.25) is 0 Å². The van der Waals surface area contributed by atoms with Crippen molar-refractivity contribution in [1.82, 2.24) is 10.2 Å². The highest BCUT2D eigenvalue weighted by Gasteiger charge is 2.29. The van der Waals surface area contributed by atoms with Gasteiger partial charge in [-0.15, -0.1) is 0 Å². The number of aliphatic imine (C=N–C) groups is 1. The Morgan fingerprint density at radius 1 is 1.44 bits per heavy atom. The number of benzene rings is 1. The Hall–Kier alpha value is -1.50. The van der Waals surface area contributed by atoms with Crippen molar-refractivity contribution in [2.75, 3.05) is 46.5 Å². The van der Waals surface area contributed by atoms with Gasteiger partial charge < -0.3 is 24.8 Å². The largest absolute Gasteiger partial charge is 0.492 e. The zero-order valence-electron chi connectivity index (χ0n) is 15.0. The molecular formula is C18H28ClN3O3. The molecule has 6 nitrogen and oxygen atoms in total. The highest BCUT2D eigenvalue weighted by atomic mass is 35.5. The summed E-state index contributed by atoms with van der Waals surface area (Å²) in [7, 11) is 1.96. The monoisotopic (exact) mass is 369 g/mol. The fourth-order valence-electron chi connectivity index (χ4n) is 2.56. The first-order chi connectivity index (χ1) is 12.0. The Bertz CT molecular complexity index is 562. The van der Waals surface area contributed by atoms with Gasteiger partial charge in [0.1, 0.15) is 12.4 Å². The van der Waals surface area contributed by atoms with Crippen molar-refractivity contribution in [2.45, 2.75) is 25.4 Å². The van der Waals surface area contributed by atoms with E-state index < -0.39 is 5.60 Å². The van der Waals surface area contributed by atoms with Gasteiger partial charge in [-0.3, -0.25) is 4.99 Å². The van der Waals surface area contributed by atoms with Crippen LogP contribution in [0.3, 0.4) is 0 Å². The van der Waals surface area contributed by atoms with Crippen LogP contribution in [0.4, 0.5) is 0 Å². The lowest BCUT2D eigenvalue weighted by molar-refractivity contribution is -0.0566. The van der Waals surface area contributed by atoms with Gasteiger partial charge in [0.25, 0.3) is 0 Å². The molecule has 0 aromatic heterocycles. The molecule has 0 amide bonds. The molecule has 0 saturated carbocycles. The van der Waals surface area contributed by atoms with Gasteiger partial charge in [0.15, 0.2) is 5.96 Å². The molecule has 1 saturated heterocycles. The second kappa shape index (κ2) is 9.85. The first kappa shape index (κ1) is 19.8. The van der Waals surface area contributed by atoms with Crippen LogP contribution in [0.1, 0.15) is 19.8 Å². The number of ether oxygens (including phenoxy) is 2. The van der Waals surface area contributed by atoms with Gasteiger partial charge >= 0.3 is 0 Å². The molecule has 1 aliphatic rings. The van der Waals surface area contributed by atoms with Gasteiger partial charge in [0.05, 0.1) is 18.7 Å². The molecule has 1 aliphatic heterocycles. The molecule has 0 unspecified atom stereocenters. The lowest BCUT2D eigenvalue weighted by Gasteiger charge is -2.31. The van der Waals surface area contributed by atoms with Gasteiger partial charge in [-0.05, 0) is 25.1 Å². The third kappa shape index (κ3) is 6.72. The maximum absolute atomic E-state index is 10.6. The predicted molar refractivity (Wildman–Crippen MR) is 101 cm³/mol. The number of likely N-dealkylation sites (N-methyl/N-ethyl adjacent to an activating group) is 1. The van der Waals surface area contributed by atoms with E-state index in [4.69, 9.17) is 21.1 Å². The molecule has 140 valence electrons. The number of rotatable bonds is 7. The van der Waals surface area contributed by atoms with Gasteiger partial charge in [-0.25, -0.2) is 0 Å². The van der Waals surface area contributed by atoms with Crippen LogP contribution < -0.4 is 10.1 Å². The van der Waals surface area contributed by atoms with Crippen LogP contribution >= 0.6 is 11.6 Å². The lowest BCUT2D eigenvalue weighted by Crippen LogP contribution is -2.44. The number of nitrogens with zero attached hydrogens (tertiary/aromatic N) is 2. The second-order valence-electron chi connectivity index (χ2n) is 6.23. The lowest BCUT2D eigenvalue weighted by atomic mass is 9.95. The zero-order chi connectivity index (χ0) is 18.1. The molecular weight excluding hydrogens is 342 g/mol. The third-order valence-corrected chi connectivity index (χ3v) is 4.37. The minimum absolute atomic E-state index is 0.373. The summed E-state index contributed by atoms with van der Waals surface area (Å²) in [5.41, 5.74) is -0.767. The molecule has 2 N–H and O–H groups in total. The summed E-state index contributed by atoms with van der Waals surface area (Å²) in [5.74, 6) is 1.51. The molecule has 0 aliphatic carbocycles. The maximum Gasteiger partial charge on any atom is 0.193 e. The number of aliphatic hydroxyl groups is 1. The number of halogens is 1. The Labute approximate surface area is 154 Å². The quantitative estimate of drug-likeness (QED) is 0.569. The highest BCUT2D eigenvalue weighted by Crippen LogP contribution is 2.20. The Kier molecular flexibility index (Phi) is 7.81. The maximum atomic E-state index is 10.6. The number of nitrogens with one attached hydrogen (secondary N) is 1. The second-order valence-corrected chi connectivity index (χ2v) is 6.67. The average molecular weight is 370 g/mol. The summed E-state index contributed by atoms with van der Waals surface area (Å²) < 4.78 is 11.0. The molecule has 25 heavy (non-hydrogen) atoms. The molecule has 1 heterocycles. The molecule has 0 radical (unpaired) electrons. The fraction of sp³-hybridized carbons (Fsp3) is 0.611. The van der Waals surface area contributed by atoms with E-state index in [1.165, 1.54) is 0 Å². The topological polar surface area (TPSA) is 66.3 Å². The third-order valence-electron chi connectivity index (χ3n) is 4.13. The molecule has 2 rings (SSSR count). The average Bonchev–Trinajstić information content (AvgIpc) is 2.59. The summed E-state index contributed by atoms with van der Waals surface area (Å²) in [6.07, 6.45) is 1.25. The summed E-state index contributed by atoms with van der Waals surface area (Å²) in [4.78, 5) is 6.59. The van der Waals surface area contributed by atoms with E-state index >= 15 is 0 Å². The standard InChI is InChI=1S/C18H28ClN3O3/c1-3-20-17(21-14-18(23)7-10-24-11-8-18)22(2)9-12-25-16-6-4-5-15(19)13-16/h4-6,13,23H,3,7-12,14H2,1-2H3,(H,20,21). The van der Waals surface area contributed by atoms with Crippen molar-refractivity contribution in [1.29, 1.82) is 0 Å². The van der Waals surface area contributed by atoms with Crippen molar-refractivity contribution in [3.05, 3.63) is 29.3 Å². The SMILES string of the molecule is CCNC(=NCC1(O)CCOCC1)N(C)CCOc1cccc(Cl)c1. The summed E-state index contributed by atoms with van der Waals surface area (Å²) in [5, 5.41) is 14.5.